The maximum atomic E-state index is 13.7. The zero-order chi connectivity index (χ0) is 25.7. The van der Waals surface area contributed by atoms with E-state index in [4.69, 9.17) is 9.47 Å². The average molecular weight is 488 g/mol. The summed E-state index contributed by atoms with van der Waals surface area (Å²) in [7, 11) is 4.71. The van der Waals surface area contributed by atoms with Gasteiger partial charge in [-0.2, -0.15) is 0 Å². The van der Waals surface area contributed by atoms with Gasteiger partial charge in [0.2, 0.25) is 11.8 Å². The molecule has 0 aromatic heterocycles. The monoisotopic (exact) mass is 487 g/mol. The smallest absolute Gasteiger partial charge is 0.251 e. The number of hydrogen-bond donors (Lipinski definition) is 2. The fraction of sp³-hybridized carbons (Fsp3) is 0.250. The van der Waals surface area contributed by atoms with Crippen molar-refractivity contribution in [1.82, 2.24) is 5.32 Å². The van der Waals surface area contributed by atoms with E-state index in [9.17, 15) is 14.4 Å². The highest BCUT2D eigenvalue weighted by molar-refractivity contribution is 6.01. The molecule has 2 N–H and O–H groups in total. The first-order valence-electron chi connectivity index (χ1n) is 11.7. The van der Waals surface area contributed by atoms with Crippen LogP contribution in [0, 0.1) is 5.92 Å². The normalized spacial score (nSPS) is 17.3. The molecular weight excluding hydrogens is 458 g/mol. The maximum absolute atomic E-state index is 13.7. The number of carbonyl (C=O) groups excluding carboxylic acids is 3. The van der Waals surface area contributed by atoms with Gasteiger partial charge in [-0.05, 0) is 55.0 Å². The van der Waals surface area contributed by atoms with Gasteiger partial charge in [0, 0.05) is 36.0 Å². The van der Waals surface area contributed by atoms with Gasteiger partial charge in [0.1, 0.15) is 11.5 Å². The molecule has 1 aliphatic rings. The number of benzene rings is 3. The minimum Gasteiger partial charge on any atom is -0.497 e. The van der Waals surface area contributed by atoms with Gasteiger partial charge in [-0.15, -0.1) is 0 Å². The van der Waals surface area contributed by atoms with Crippen molar-refractivity contribution in [2.45, 2.75) is 18.9 Å². The first kappa shape index (κ1) is 24.8. The van der Waals surface area contributed by atoms with Crippen LogP contribution in [-0.4, -0.2) is 39.0 Å². The average Bonchev–Trinajstić information content (AvgIpc) is 2.92. The van der Waals surface area contributed by atoms with E-state index in [-0.39, 0.29) is 24.1 Å². The van der Waals surface area contributed by atoms with E-state index >= 15 is 0 Å². The highest BCUT2D eigenvalue weighted by atomic mass is 16.5. The lowest BCUT2D eigenvalue weighted by Crippen LogP contribution is -2.47. The first-order valence-corrected chi connectivity index (χ1v) is 11.7. The number of nitrogens with one attached hydrogen (secondary N) is 2. The van der Waals surface area contributed by atoms with Gasteiger partial charge in [0.15, 0.2) is 0 Å². The van der Waals surface area contributed by atoms with Crippen molar-refractivity contribution in [3.8, 4) is 11.5 Å². The summed E-state index contributed by atoms with van der Waals surface area (Å²) in [5, 5.41) is 5.54. The van der Waals surface area contributed by atoms with Crippen molar-refractivity contribution in [1.29, 1.82) is 0 Å². The van der Waals surface area contributed by atoms with E-state index in [1.807, 2.05) is 36.4 Å². The summed E-state index contributed by atoms with van der Waals surface area (Å²) in [6, 6.07) is 20.8. The van der Waals surface area contributed by atoms with Crippen LogP contribution in [0.5, 0.6) is 11.5 Å². The summed E-state index contributed by atoms with van der Waals surface area (Å²) in [6.45, 7) is 0. The number of methoxy groups -OCH3 is 2. The Bertz CT molecular complexity index is 1260. The lowest BCUT2D eigenvalue weighted by Gasteiger charge is -2.41. The third-order valence-electron chi connectivity index (χ3n) is 6.36. The number of ether oxygens (including phenoxy) is 2. The van der Waals surface area contributed by atoms with Crippen molar-refractivity contribution in [3.05, 3.63) is 83.9 Å². The summed E-state index contributed by atoms with van der Waals surface area (Å²) < 4.78 is 10.9. The number of nitrogens with zero attached hydrogens (tertiary/aromatic N) is 1. The molecule has 0 bridgehead atoms. The molecule has 0 aliphatic carbocycles. The molecule has 3 aromatic rings. The molecule has 2 atom stereocenters. The Balaban J connectivity index is 1.74. The first-order chi connectivity index (χ1) is 17.5. The number of para-hydroxylation sites is 1. The molecule has 4 rings (SSSR count). The standard InChI is InChI=1S/C28H29N3O5/c1-29-27(33)18-7-6-8-19(17-18)30-28(34)23-15-16-25(32)31(20-11-13-21(35-2)14-12-20)26(23)22-9-4-5-10-24(22)36-3/h4-14,17,23,26H,15-16H2,1-3H3,(H,29,33)(H,30,34). The molecule has 1 saturated heterocycles. The summed E-state index contributed by atoms with van der Waals surface area (Å²) in [6.07, 6.45) is 0.587. The number of carbonyl (C=O) groups is 3. The van der Waals surface area contributed by atoms with Crippen molar-refractivity contribution >= 4 is 29.1 Å². The largest absolute Gasteiger partial charge is 0.497 e. The second-order valence-corrected chi connectivity index (χ2v) is 8.44. The Kier molecular flexibility index (Phi) is 7.53. The van der Waals surface area contributed by atoms with Crippen LogP contribution < -0.4 is 25.0 Å². The lowest BCUT2D eigenvalue weighted by molar-refractivity contribution is -0.126. The number of piperidine rings is 1. The van der Waals surface area contributed by atoms with Crippen LogP contribution in [-0.2, 0) is 9.59 Å². The van der Waals surface area contributed by atoms with E-state index < -0.39 is 12.0 Å². The van der Waals surface area contributed by atoms with Crippen LogP contribution in [0.2, 0.25) is 0 Å². The molecule has 3 amide bonds. The predicted octanol–water partition coefficient (Wildman–Crippen LogP) is 4.19. The number of rotatable bonds is 7. The minimum atomic E-state index is -0.599. The second-order valence-electron chi connectivity index (χ2n) is 8.44. The molecular formula is C28H29N3O5. The Morgan fingerprint density at radius 2 is 1.69 bits per heavy atom. The van der Waals surface area contributed by atoms with Gasteiger partial charge in [-0.25, -0.2) is 0 Å². The van der Waals surface area contributed by atoms with Gasteiger partial charge in [-0.3, -0.25) is 14.4 Å². The van der Waals surface area contributed by atoms with Gasteiger partial charge in [-0.1, -0.05) is 24.3 Å². The van der Waals surface area contributed by atoms with Crippen LogP contribution in [0.1, 0.15) is 34.8 Å². The van der Waals surface area contributed by atoms with Crippen LogP contribution in [0.4, 0.5) is 11.4 Å². The van der Waals surface area contributed by atoms with Gasteiger partial charge < -0.3 is 25.0 Å². The highest BCUT2D eigenvalue weighted by Crippen LogP contribution is 2.43. The van der Waals surface area contributed by atoms with Gasteiger partial charge >= 0.3 is 0 Å². The molecule has 8 nitrogen and oxygen atoms in total. The topological polar surface area (TPSA) is 97.0 Å². The van der Waals surface area contributed by atoms with E-state index in [0.29, 0.717) is 34.9 Å². The fourth-order valence-corrected chi connectivity index (χ4v) is 4.60. The zero-order valence-corrected chi connectivity index (χ0v) is 20.5. The molecule has 0 radical (unpaired) electrons. The molecule has 1 fully saturated rings. The van der Waals surface area contributed by atoms with Crippen LogP contribution in [0.25, 0.3) is 0 Å². The Labute approximate surface area is 210 Å². The second kappa shape index (κ2) is 10.9. The van der Waals surface area contributed by atoms with Crippen LogP contribution >= 0.6 is 0 Å². The lowest BCUT2D eigenvalue weighted by atomic mass is 9.82. The fourth-order valence-electron chi connectivity index (χ4n) is 4.60. The van der Waals surface area contributed by atoms with E-state index in [1.165, 1.54) is 0 Å². The van der Waals surface area contributed by atoms with E-state index in [0.717, 1.165) is 5.56 Å². The van der Waals surface area contributed by atoms with Crippen molar-refractivity contribution < 1.29 is 23.9 Å². The molecule has 1 aliphatic heterocycles. The summed E-state index contributed by atoms with van der Waals surface area (Å²) >= 11 is 0. The predicted molar refractivity (Wildman–Crippen MR) is 137 cm³/mol. The number of hydrogen-bond acceptors (Lipinski definition) is 5. The van der Waals surface area contributed by atoms with E-state index in [2.05, 4.69) is 10.6 Å². The van der Waals surface area contributed by atoms with Gasteiger partial charge in [0.05, 0.1) is 26.2 Å². The van der Waals surface area contributed by atoms with Crippen molar-refractivity contribution in [2.24, 2.45) is 5.92 Å². The highest BCUT2D eigenvalue weighted by Gasteiger charge is 2.42. The molecule has 1 heterocycles. The molecule has 0 spiro atoms. The molecule has 36 heavy (non-hydrogen) atoms. The Morgan fingerprint density at radius 1 is 0.944 bits per heavy atom. The Morgan fingerprint density at radius 3 is 2.39 bits per heavy atom. The quantitative estimate of drug-likeness (QED) is 0.521. The molecule has 3 aromatic carbocycles. The molecule has 186 valence electrons. The molecule has 8 heteroatoms. The summed E-state index contributed by atoms with van der Waals surface area (Å²) in [4.78, 5) is 40.7. The van der Waals surface area contributed by atoms with Crippen LogP contribution in [0.3, 0.4) is 0 Å². The van der Waals surface area contributed by atoms with Crippen molar-refractivity contribution in [3.63, 3.8) is 0 Å². The number of anilines is 2. The SMILES string of the molecule is CNC(=O)c1cccc(NC(=O)C2CCC(=O)N(c3ccc(OC)cc3)C2c2ccccc2OC)c1. The maximum Gasteiger partial charge on any atom is 0.251 e. The Hall–Kier alpha value is -4.33. The third-order valence-corrected chi connectivity index (χ3v) is 6.36. The molecule has 0 saturated carbocycles. The summed E-state index contributed by atoms with van der Waals surface area (Å²) in [5.41, 5.74) is 2.35. The van der Waals surface area contributed by atoms with Gasteiger partial charge in [0.25, 0.3) is 5.91 Å². The summed E-state index contributed by atoms with van der Waals surface area (Å²) in [5.74, 6) is 0.127. The van der Waals surface area contributed by atoms with Crippen molar-refractivity contribution in [2.75, 3.05) is 31.5 Å². The minimum absolute atomic E-state index is 0.0817. The van der Waals surface area contributed by atoms with E-state index in [1.54, 1.807) is 62.6 Å². The molecule has 2 unspecified atom stereocenters. The third kappa shape index (κ3) is 5.02. The number of amides is 3. The van der Waals surface area contributed by atoms with Crippen LogP contribution in [0.15, 0.2) is 72.8 Å². The zero-order valence-electron chi connectivity index (χ0n) is 20.5.